The first-order valence-corrected chi connectivity index (χ1v) is 11.0. The van der Waals surface area contributed by atoms with Crippen LogP contribution in [0, 0.1) is 0 Å². The van der Waals surface area contributed by atoms with Gasteiger partial charge in [-0.3, -0.25) is 4.79 Å². The number of halogens is 3. The number of carbonyl (C=O) groups excluding carboxylic acids is 1. The van der Waals surface area contributed by atoms with Crippen molar-refractivity contribution >= 4 is 45.0 Å². The van der Waals surface area contributed by atoms with Crippen LogP contribution >= 0.6 is 23.4 Å². The lowest BCUT2D eigenvalue weighted by molar-refractivity contribution is 0.102. The van der Waals surface area contributed by atoms with Crippen molar-refractivity contribution in [2.24, 2.45) is 0 Å². The van der Waals surface area contributed by atoms with Crippen LogP contribution in [0.2, 0.25) is 5.02 Å². The van der Waals surface area contributed by atoms with E-state index in [1.807, 2.05) is 0 Å². The maximum atomic E-state index is 12.7. The molecule has 1 amide bonds. The molecule has 28 heavy (non-hydrogen) atoms. The van der Waals surface area contributed by atoms with Crippen LogP contribution in [0.5, 0.6) is 0 Å². The molecule has 5 nitrogen and oxygen atoms in total. The van der Waals surface area contributed by atoms with Gasteiger partial charge in [-0.15, -0.1) is 0 Å². The summed E-state index contributed by atoms with van der Waals surface area (Å²) in [7, 11) is -3.87. The molecule has 0 aromatic heterocycles. The van der Waals surface area contributed by atoms with E-state index in [9.17, 15) is 22.0 Å². The third-order valence-corrected chi connectivity index (χ3v) is 7.19. The molecule has 0 aliphatic carbocycles. The number of nitrogens with one attached hydrogen (secondary N) is 1. The van der Waals surface area contributed by atoms with Crippen LogP contribution in [-0.2, 0) is 10.0 Å². The van der Waals surface area contributed by atoms with Gasteiger partial charge >= 0.3 is 0 Å². The van der Waals surface area contributed by atoms with Gasteiger partial charge in [-0.25, -0.2) is 8.42 Å². The minimum atomic E-state index is -3.87. The predicted octanol–water partition coefficient (Wildman–Crippen LogP) is 4.94. The third kappa shape index (κ3) is 5.22. The van der Waals surface area contributed by atoms with Gasteiger partial charge in [-0.1, -0.05) is 49.3 Å². The Balaban J connectivity index is 2.36. The number of hydrogen-bond acceptors (Lipinski definition) is 4. The summed E-state index contributed by atoms with van der Waals surface area (Å²) in [5, 5.41) is 2.54. The molecule has 1 N–H and O–H groups in total. The molecule has 0 atom stereocenters. The highest BCUT2D eigenvalue weighted by atomic mass is 35.5. The van der Waals surface area contributed by atoms with E-state index in [2.05, 4.69) is 5.32 Å². The predicted molar refractivity (Wildman–Crippen MR) is 108 cm³/mol. The average molecular weight is 449 g/mol. The molecule has 2 aromatic rings. The third-order valence-electron chi connectivity index (χ3n) is 3.87. The molecule has 0 radical (unpaired) electrons. The van der Waals surface area contributed by atoms with Crippen molar-refractivity contribution in [3.05, 3.63) is 53.1 Å². The fourth-order valence-corrected chi connectivity index (χ4v) is 5.06. The van der Waals surface area contributed by atoms with Crippen molar-refractivity contribution in [3.8, 4) is 0 Å². The number of para-hydroxylation sites is 1. The van der Waals surface area contributed by atoms with E-state index in [-0.39, 0.29) is 39.2 Å². The van der Waals surface area contributed by atoms with E-state index in [1.165, 1.54) is 34.6 Å². The number of sulfonamides is 1. The lowest BCUT2D eigenvalue weighted by Crippen LogP contribution is -2.31. The van der Waals surface area contributed by atoms with Crippen LogP contribution in [0.3, 0.4) is 0 Å². The van der Waals surface area contributed by atoms with E-state index in [0.29, 0.717) is 11.8 Å². The number of benzene rings is 2. The summed E-state index contributed by atoms with van der Waals surface area (Å²) in [5.41, 5.74) is 0.257. The Labute approximate surface area is 172 Å². The Kier molecular flexibility index (Phi) is 7.82. The zero-order valence-electron chi connectivity index (χ0n) is 15.2. The van der Waals surface area contributed by atoms with Crippen molar-refractivity contribution in [2.45, 2.75) is 29.4 Å². The second kappa shape index (κ2) is 9.69. The summed E-state index contributed by atoms with van der Waals surface area (Å²) < 4.78 is 52.1. The van der Waals surface area contributed by atoms with Crippen LogP contribution in [0.15, 0.2) is 52.3 Å². The summed E-state index contributed by atoms with van der Waals surface area (Å²) in [6.45, 7) is 3.90. The Morgan fingerprint density at radius 2 is 1.82 bits per heavy atom. The van der Waals surface area contributed by atoms with Crippen LogP contribution in [-0.4, -0.2) is 37.5 Å². The summed E-state index contributed by atoms with van der Waals surface area (Å²) in [6, 6.07) is 10.0. The van der Waals surface area contributed by atoms with Gasteiger partial charge in [0.1, 0.15) is 4.90 Å². The van der Waals surface area contributed by atoms with Gasteiger partial charge < -0.3 is 5.32 Å². The van der Waals surface area contributed by atoms with Gasteiger partial charge in [0.15, 0.2) is 0 Å². The summed E-state index contributed by atoms with van der Waals surface area (Å²) in [6.07, 6.45) is 0. The molecule has 2 aromatic carbocycles. The van der Waals surface area contributed by atoms with E-state index >= 15 is 0 Å². The fourth-order valence-electron chi connectivity index (χ4n) is 2.51. The molecular weight excluding hydrogens is 430 g/mol. The number of rotatable bonds is 8. The molecule has 0 saturated heterocycles. The largest absolute Gasteiger partial charge is 0.321 e. The second-order valence-electron chi connectivity index (χ2n) is 5.56. The highest BCUT2D eigenvalue weighted by Gasteiger charge is 2.25. The zero-order chi connectivity index (χ0) is 20.9. The molecule has 0 aliphatic heterocycles. The van der Waals surface area contributed by atoms with Crippen molar-refractivity contribution in [2.75, 3.05) is 18.4 Å². The lowest BCUT2D eigenvalue weighted by atomic mass is 10.2. The minimum Gasteiger partial charge on any atom is -0.321 e. The zero-order valence-corrected chi connectivity index (χ0v) is 17.5. The van der Waals surface area contributed by atoms with E-state index in [0.717, 1.165) is 0 Å². The van der Waals surface area contributed by atoms with Gasteiger partial charge in [-0.2, -0.15) is 13.1 Å². The number of amides is 1. The van der Waals surface area contributed by atoms with Crippen molar-refractivity contribution in [1.82, 2.24) is 4.31 Å². The quantitative estimate of drug-likeness (QED) is 0.581. The molecule has 0 fully saturated rings. The number of carbonyl (C=O) groups is 1. The average Bonchev–Trinajstić information content (AvgIpc) is 2.63. The highest BCUT2D eigenvalue weighted by Crippen LogP contribution is 2.32. The van der Waals surface area contributed by atoms with Crippen molar-refractivity contribution in [3.63, 3.8) is 0 Å². The maximum Gasteiger partial charge on any atom is 0.288 e. The normalized spacial score (nSPS) is 11.8. The summed E-state index contributed by atoms with van der Waals surface area (Å²) >= 11 is 6.37. The van der Waals surface area contributed by atoms with Crippen LogP contribution in [0.1, 0.15) is 24.2 Å². The van der Waals surface area contributed by atoms with E-state index in [1.54, 1.807) is 26.0 Å². The van der Waals surface area contributed by atoms with Crippen LogP contribution in [0.25, 0.3) is 0 Å². The number of alkyl halides is 2. The molecule has 152 valence electrons. The highest BCUT2D eigenvalue weighted by molar-refractivity contribution is 7.99. The van der Waals surface area contributed by atoms with Crippen molar-refractivity contribution in [1.29, 1.82) is 0 Å². The number of anilines is 1. The molecule has 0 unspecified atom stereocenters. The lowest BCUT2D eigenvalue weighted by Gasteiger charge is -2.19. The Morgan fingerprint density at radius 3 is 2.43 bits per heavy atom. The van der Waals surface area contributed by atoms with Gasteiger partial charge in [0.05, 0.1) is 10.7 Å². The van der Waals surface area contributed by atoms with Crippen LogP contribution in [0.4, 0.5) is 14.5 Å². The van der Waals surface area contributed by atoms with E-state index < -0.39 is 21.7 Å². The molecule has 0 spiro atoms. The Morgan fingerprint density at radius 1 is 1.18 bits per heavy atom. The standard InChI is InChI=1S/C18H19ClF2N2O3S2/c1-3-23(4-2)28(25,26)16-11-12(9-10-13(16)19)17(24)22-14-7-5-6-8-15(14)27-18(20)21/h5-11,18H,3-4H2,1-2H3,(H,22,24). The molecule has 2 rings (SSSR count). The topological polar surface area (TPSA) is 66.5 Å². The first-order chi connectivity index (χ1) is 13.2. The minimum absolute atomic E-state index is 0.00268. The number of hydrogen-bond donors (Lipinski definition) is 1. The number of thioether (sulfide) groups is 1. The smallest absolute Gasteiger partial charge is 0.288 e. The summed E-state index contributed by atoms with van der Waals surface area (Å²) in [4.78, 5) is 12.6. The number of nitrogens with zero attached hydrogens (tertiary/aromatic N) is 1. The Hall–Kier alpha value is -1.68. The van der Waals surface area contributed by atoms with Crippen LogP contribution < -0.4 is 5.32 Å². The fraction of sp³-hybridized carbons (Fsp3) is 0.278. The molecule has 0 heterocycles. The molecule has 0 bridgehead atoms. The maximum absolute atomic E-state index is 12.7. The van der Waals surface area contributed by atoms with E-state index in [4.69, 9.17) is 11.6 Å². The second-order valence-corrected chi connectivity index (χ2v) is 8.91. The first-order valence-electron chi connectivity index (χ1n) is 8.35. The van der Waals surface area contributed by atoms with Crippen molar-refractivity contribution < 1.29 is 22.0 Å². The van der Waals surface area contributed by atoms with Gasteiger partial charge in [0, 0.05) is 23.5 Å². The molecule has 0 aliphatic rings. The summed E-state index contributed by atoms with van der Waals surface area (Å²) in [5.74, 6) is -3.27. The molecule has 0 saturated carbocycles. The Bertz CT molecular complexity index is 952. The first kappa shape index (κ1) is 22.6. The SMILES string of the molecule is CCN(CC)S(=O)(=O)c1cc(C(=O)Nc2ccccc2SC(F)F)ccc1Cl. The monoisotopic (exact) mass is 448 g/mol. The molecular formula is C18H19ClF2N2O3S2. The van der Waals surface area contributed by atoms with Gasteiger partial charge in [0.25, 0.3) is 11.7 Å². The van der Waals surface area contributed by atoms with Gasteiger partial charge in [0.2, 0.25) is 10.0 Å². The van der Waals surface area contributed by atoms with Gasteiger partial charge in [-0.05, 0) is 30.3 Å². The molecule has 10 heteroatoms.